The molecule has 1 amide bonds. The number of hydrogen-bond acceptors (Lipinski definition) is 9. The fourth-order valence-electron chi connectivity index (χ4n) is 6.33. The maximum Gasteiger partial charge on any atom is 0.410 e. The van der Waals surface area contributed by atoms with Gasteiger partial charge in [0.1, 0.15) is 17.5 Å². The first kappa shape index (κ1) is 31.1. The number of rotatable bonds is 9. The minimum atomic E-state index is -0.543. The Morgan fingerprint density at radius 3 is 2.56 bits per heavy atom. The monoisotopic (exact) mass is 618 g/mol. The first-order chi connectivity index (χ1) is 21.6. The predicted molar refractivity (Wildman–Crippen MR) is 173 cm³/mol. The lowest BCUT2D eigenvalue weighted by Crippen LogP contribution is -2.53. The van der Waals surface area contributed by atoms with Crippen LogP contribution >= 0.6 is 0 Å². The molecular formula is C33H46N8O4. The van der Waals surface area contributed by atoms with Gasteiger partial charge in [-0.3, -0.25) is 14.3 Å². The Bertz CT molecular complexity index is 1540. The first-order valence-corrected chi connectivity index (χ1v) is 16.2. The van der Waals surface area contributed by atoms with Gasteiger partial charge < -0.3 is 24.2 Å². The van der Waals surface area contributed by atoms with E-state index >= 15 is 0 Å². The number of amides is 1. The van der Waals surface area contributed by atoms with Crippen LogP contribution in [-0.2, 0) is 9.47 Å². The minimum absolute atomic E-state index is 0.0413. The van der Waals surface area contributed by atoms with Crippen molar-refractivity contribution in [2.24, 2.45) is 5.92 Å². The van der Waals surface area contributed by atoms with Crippen LogP contribution in [0.1, 0.15) is 66.0 Å². The largest absolute Gasteiger partial charge is 0.444 e. The number of nitrogens with zero attached hydrogens (tertiary/aromatic N) is 8. The summed E-state index contributed by atoms with van der Waals surface area (Å²) in [7, 11) is 1.73. The number of methoxy groups -OCH3 is 1. The second-order valence-corrected chi connectivity index (χ2v) is 13.7. The number of carbonyl (C=O) groups is 1. The highest BCUT2D eigenvalue weighted by Crippen LogP contribution is 2.31. The molecule has 0 bridgehead atoms. The van der Waals surface area contributed by atoms with Gasteiger partial charge in [-0.05, 0) is 71.4 Å². The van der Waals surface area contributed by atoms with Crippen LogP contribution in [0.3, 0.4) is 0 Å². The van der Waals surface area contributed by atoms with Crippen LogP contribution in [0.15, 0.2) is 47.8 Å². The van der Waals surface area contributed by atoms with Crippen molar-refractivity contribution in [2.75, 3.05) is 49.6 Å². The van der Waals surface area contributed by atoms with Crippen molar-refractivity contribution < 1.29 is 14.3 Å². The molecule has 0 spiro atoms. The molecule has 3 aromatic rings. The predicted octanol–water partition coefficient (Wildman–Crippen LogP) is 4.41. The first-order valence-electron chi connectivity index (χ1n) is 16.2. The molecule has 45 heavy (non-hydrogen) atoms. The fraction of sp³-hybridized carbons (Fsp3) is 0.606. The number of hydrogen-bond donors (Lipinski definition) is 0. The number of carbonyl (C=O) groups excluding carboxylic acids is 1. The van der Waals surface area contributed by atoms with Gasteiger partial charge in [-0.15, -0.1) is 5.10 Å². The van der Waals surface area contributed by atoms with Gasteiger partial charge in [-0.2, -0.15) is 0 Å². The standard InChI is InChI=1S/C33H46N8O4/c1-23(41-22-30(35-36-41)25-14-28(17-34-16-25)38-20-29(21-38)44-5)39-13-11-26(15-31(39)42)37-12-7-10-27(19-37)40(18-24-8-6-9-24)32(43)45-33(2,3)4/h11,13-17,22-24,27,29H,6-10,12,18-21H2,1-5H3/t23?,27-/m1/s1. The van der Waals surface area contributed by atoms with E-state index in [1.54, 1.807) is 28.6 Å². The number of ether oxygens (including phenoxy) is 2. The van der Waals surface area contributed by atoms with Crippen LogP contribution in [0.4, 0.5) is 16.2 Å². The summed E-state index contributed by atoms with van der Waals surface area (Å²) in [6, 6.07) is 5.77. The lowest BCUT2D eigenvalue weighted by Gasteiger charge is -2.43. The second kappa shape index (κ2) is 12.8. The van der Waals surface area contributed by atoms with Crippen molar-refractivity contribution in [3.05, 3.63) is 53.3 Å². The summed E-state index contributed by atoms with van der Waals surface area (Å²) in [6.45, 7) is 11.6. The Hall–Kier alpha value is -3.93. The third-order valence-corrected chi connectivity index (χ3v) is 9.30. The molecule has 3 fully saturated rings. The molecule has 12 nitrogen and oxygen atoms in total. The van der Waals surface area contributed by atoms with Crippen LogP contribution in [0.2, 0.25) is 0 Å². The molecule has 6 rings (SSSR count). The molecule has 5 heterocycles. The molecule has 1 saturated carbocycles. The Kier molecular flexibility index (Phi) is 8.85. The van der Waals surface area contributed by atoms with E-state index in [4.69, 9.17) is 9.47 Å². The van der Waals surface area contributed by atoms with Crippen LogP contribution < -0.4 is 15.4 Å². The molecule has 2 atom stereocenters. The van der Waals surface area contributed by atoms with Gasteiger partial charge in [0.05, 0.1) is 30.2 Å². The summed E-state index contributed by atoms with van der Waals surface area (Å²) in [5.41, 5.74) is 2.79. The fourth-order valence-corrected chi connectivity index (χ4v) is 6.33. The van der Waals surface area contributed by atoms with E-state index in [0.717, 1.165) is 68.8 Å². The van der Waals surface area contributed by atoms with E-state index in [1.807, 2.05) is 57.3 Å². The Morgan fingerprint density at radius 1 is 1.07 bits per heavy atom. The summed E-state index contributed by atoms with van der Waals surface area (Å²) >= 11 is 0. The maximum absolute atomic E-state index is 13.4. The molecule has 242 valence electrons. The van der Waals surface area contributed by atoms with Gasteiger partial charge in [0.25, 0.3) is 5.56 Å². The molecule has 2 aliphatic heterocycles. The lowest BCUT2D eigenvalue weighted by atomic mass is 9.84. The van der Waals surface area contributed by atoms with Gasteiger partial charge in [-0.25, -0.2) is 9.48 Å². The van der Waals surface area contributed by atoms with E-state index in [9.17, 15) is 9.59 Å². The van der Waals surface area contributed by atoms with E-state index in [0.29, 0.717) is 18.2 Å². The van der Waals surface area contributed by atoms with Crippen LogP contribution in [-0.4, -0.2) is 93.1 Å². The third-order valence-electron chi connectivity index (χ3n) is 9.30. The van der Waals surface area contributed by atoms with Crippen LogP contribution in [0, 0.1) is 5.92 Å². The highest BCUT2D eigenvalue weighted by Gasteiger charge is 2.35. The quantitative estimate of drug-likeness (QED) is 0.344. The topological polar surface area (TPSA) is 111 Å². The smallest absolute Gasteiger partial charge is 0.410 e. The van der Waals surface area contributed by atoms with Gasteiger partial charge in [0.15, 0.2) is 0 Å². The Labute approximate surface area is 264 Å². The molecule has 1 aliphatic carbocycles. The third kappa shape index (κ3) is 7.00. The molecule has 3 aliphatic rings. The molecule has 0 N–H and O–H groups in total. The Morgan fingerprint density at radius 2 is 1.87 bits per heavy atom. The number of piperidine rings is 1. The number of aromatic nitrogens is 5. The molecular weight excluding hydrogens is 572 g/mol. The minimum Gasteiger partial charge on any atom is -0.444 e. The van der Waals surface area contributed by atoms with Crippen LogP contribution in [0.5, 0.6) is 0 Å². The zero-order chi connectivity index (χ0) is 31.7. The average molecular weight is 619 g/mol. The van der Waals surface area contributed by atoms with Crippen molar-refractivity contribution in [3.63, 3.8) is 0 Å². The zero-order valence-electron chi connectivity index (χ0n) is 27.1. The van der Waals surface area contributed by atoms with Crippen LogP contribution in [0.25, 0.3) is 11.3 Å². The van der Waals surface area contributed by atoms with E-state index < -0.39 is 5.60 Å². The van der Waals surface area contributed by atoms with Gasteiger partial charge in [0.2, 0.25) is 0 Å². The normalized spacial score (nSPS) is 20.0. The summed E-state index contributed by atoms with van der Waals surface area (Å²) < 4.78 is 14.6. The van der Waals surface area contributed by atoms with Gasteiger partial charge in [-0.1, -0.05) is 11.6 Å². The summed E-state index contributed by atoms with van der Waals surface area (Å²) in [5.74, 6) is 0.542. The molecule has 0 aromatic carbocycles. The molecule has 1 unspecified atom stereocenters. The van der Waals surface area contributed by atoms with E-state index in [1.165, 1.54) is 6.42 Å². The van der Waals surface area contributed by atoms with Crippen molar-refractivity contribution >= 4 is 17.5 Å². The van der Waals surface area contributed by atoms with Gasteiger partial charge in [0, 0.05) is 69.5 Å². The van der Waals surface area contributed by atoms with Crippen molar-refractivity contribution in [2.45, 2.75) is 83.7 Å². The second-order valence-electron chi connectivity index (χ2n) is 13.7. The highest BCUT2D eigenvalue weighted by atomic mass is 16.6. The average Bonchev–Trinajstić information content (AvgIpc) is 3.46. The number of pyridine rings is 2. The molecule has 0 radical (unpaired) electrons. The van der Waals surface area contributed by atoms with E-state index in [2.05, 4.69) is 31.2 Å². The highest BCUT2D eigenvalue weighted by molar-refractivity contribution is 5.69. The molecule has 12 heteroatoms. The summed E-state index contributed by atoms with van der Waals surface area (Å²) in [6.07, 6.45) is 12.4. The SMILES string of the molecule is COC1CN(c2cncc(-c3cn(C(C)n4ccc(N5CCC[C@@H](N(CC6CCC6)C(=O)OC(C)(C)C)C5)cc4=O)nn3)c2)C1. The van der Waals surface area contributed by atoms with Crippen molar-refractivity contribution in [1.29, 1.82) is 0 Å². The summed E-state index contributed by atoms with van der Waals surface area (Å²) in [5, 5.41) is 8.73. The van der Waals surface area contributed by atoms with Crippen molar-refractivity contribution in [1.82, 2.24) is 29.4 Å². The number of anilines is 2. The maximum atomic E-state index is 13.4. The van der Waals surface area contributed by atoms with Gasteiger partial charge >= 0.3 is 6.09 Å². The summed E-state index contributed by atoms with van der Waals surface area (Å²) in [4.78, 5) is 37.5. The Balaban J connectivity index is 1.14. The molecule has 3 aromatic heterocycles. The van der Waals surface area contributed by atoms with E-state index in [-0.39, 0.29) is 30.0 Å². The molecule has 2 saturated heterocycles. The van der Waals surface area contributed by atoms with Crippen molar-refractivity contribution in [3.8, 4) is 11.3 Å². The lowest BCUT2D eigenvalue weighted by molar-refractivity contribution is 0.00735. The zero-order valence-corrected chi connectivity index (χ0v) is 27.1.